The van der Waals surface area contributed by atoms with E-state index in [0.29, 0.717) is 19.0 Å². The summed E-state index contributed by atoms with van der Waals surface area (Å²) >= 11 is 5.77. The third-order valence-electron chi connectivity index (χ3n) is 2.62. The van der Waals surface area contributed by atoms with Crippen LogP contribution in [0.15, 0.2) is 18.2 Å². The Labute approximate surface area is 122 Å². The van der Waals surface area contributed by atoms with Gasteiger partial charge in [-0.3, -0.25) is 19.8 Å². The van der Waals surface area contributed by atoms with Gasteiger partial charge in [0.25, 0.3) is 5.69 Å². The highest BCUT2D eigenvalue weighted by atomic mass is 35.5. The van der Waals surface area contributed by atoms with Crippen molar-refractivity contribution in [2.45, 2.75) is 20.4 Å². The molecule has 7 heteroatoms. The maximum Gasteiger partial charge on any atom is 0.288 e. The molecule has 0 aliphatic rings. The molecule has 0 aliphatic carbocycles. The number of nitro groups is 1. The van der Waals surface area contributed by atoms with Crippen LogP contribution in [0.1, 0.15) is 19.4 Å². The molecular weight excluding hydrogens is 282 g/mol. The van der Waals surface area contributed by atoms with E-state index in [2.05, 4.69) is 0 Å². The van der Waals surface area contributed by atoms with Gasteiger partial charge < -0.3 is 5.73 Å². The molecule has 0 saturated heterocycles. The number of nitro benzene ring substituents is 1. The zero-order chi connectivity index (χ0) is 15.3. The molecule has 0 fully saturated rings. The number of amides is 1. The van der Waals surface area contributed by atoms with Gasteiger partial charge in [0.05, 0.1) is 11.5 Å². The molecule has 0 heterocycles. The normalized spacial score (nSPS) is 11.1. The number of hydrogen-bond donors (Lipinski definition) is 1. The lowest BCUT2D eigenvalue weighted by Gasteiger charge is -2.22. The lowest BCUT2D eigenvalue weighted by Crippen LogP contribution is -2.35. The highest BCUT2D eigenvalue weighted by Crippen LogP contribution is 2.25. The molecule has 0 bridgehead atoms. The smallest absolute Gasteiger partial charge is 0.288 e. The fourth-order valence-electron chi connectivity index (χ4n) is 1.98. The van der Waals surface area contributed by atoms with E-state index in [1.165, 1.54) is 12.1 Å². The number of nitrogens with zero attached hydrogens (tertiary/aromatic N) is 2. The Morgan fingerprint density at radius 3 is 2.65 bits per heavy atom. The van der Waals surface area contributed by atoms with E-state index in [9.17, 15) is 14.9 Å². The predicted molar refractivity (Wildman–Crippen MR) is 77.4 cm³/mol. The van der Waals surface area contributed by atoms with Gasteiger partial charge in [0.1, 0.15) is 5.02 Å². The van der Waals surface area contributed by atoms with Crippen molar-refractivity contribution in [2.75, 3.05) is 13.1 Å². The second-order valence-electron chi connectivity index (χ2n) is 5.07. The van der Waals surface area contributed by atoms with Crippen LogP contribution in [0.3, 0.4) is 0 Å². The molecule has 6 nitrogen and oxygen atoms in total. The molecule has 0 spiro atoms. The topological polar surface area (TPSA) is 89.5 Å². The molecule has 0 aliphatic heterocycles. The lowest BCUT2D eigenvalue weighted by molar-refractivity contribution is -0.384. The van der Waals surface area contributed by atoms with Crippen LogP contribution in [-0.4, -0.2) is 28.8 Å². The first-order chi connectivity index (χ1) is 9.29. The monoisotopic (exact) mass is 299 g/mol. The van der Waals surface area contributed by atoms with Crippen molar-refractivity contribution in [1.82, 2.24) is 4.90 Å². The Hall–Kier alpha value is -1.66. The minimum absolute atomic E-state index is 0.101. The molecule has 0 unspecified atom stereocenters. The number of carbonyl (C=O) groups excluding carboxylic acids is 1. The van der Waals surface area contributed by atoms with Gasteiger partial charge in [-0.25, -0.2) is 0 Å². The van der Waals surface area contributed by atoms with Crippen molar-refractivity contribution in [3.05, 3.63) is 38.9 Å². The molecule has 0 saturated carbocycles. The van der Waals surface area contributed by atoms with Gasteiger partial charge in [-0.15, -0.1) is 0 Å². The van der Waals surface area contributed by atoms with Crippen LogP contribution in [0.25, 0.3) is 0 Å². The van der Waals surface area contributed by atoms with E-state index in [4.69, 9.17) is 17.3 Å². The second-order valence-corrected chi connectivity index (χ2v) is 5.48. The Morgan fingerprint density at radius 2 is 2.15 bits per heavy atom. The van der Waals surface area contributed by atoms with Gasteiger partial charge >= 0.3 is 0 Å². The van der Waals surface area contributed by atoms with E-state index in [0.717, 1.165) is 5.56 Å². The van der Waals surface area contributed by atoms with E-state index < -0.39 is 10.8 Å². The van der Waals surface area contributed by atoms with Crippen LogP contribution in [-0.2, 0) is 11.3 Å². The molecular formula is C13H18ClN3O3. The van der Waals surface area contributed by atoms with Crippen LogP contribution in [0.2, 0.25) is 5.02 Å². The number of primary amides is 1. The van der Waals surface area contributed by atoms with Gasteiger partial charge in [-0.05, 0) is 17.5 Å². The molecule has 20 heavy (non-hydrogen) atoms. The zero-order valence-electron chi connectivity index (χ0n) is 11.5. The van der Waals surface area contributed by atoms with E-state index in [1.54, 1.807) is 6.07 Å². The number of benzene rings is 1. The van der Waals surface area contributed by atoms with Crippen molar-refractivity contribution in [1.29, 1.82) is 0 Å². The lowest BCUT2D eigenvalue weighted by atomic mass is 10.1. The van der Waals surface area contributed by atoms with Gasteiger partial charge in [-0.2, -0.15) is 0 Å². The van der Waals surface area contributed by atoms with Gasteiger partial charge in [-0.1, -0.05) is 31.5 Å². The largest absolute Gasteiger partial charge is 0.369 e. The van der Waals surface area contributed by atoms with Crippen LogP contribution < -0.4 is 5.73 Å². The molecule has 0 aromatic heterocycles. The van der Waals surface area contributed by atoms with Crippen LogP contribution in [0.4, 0.5) is 5.69 Å². The molecule has 1 amide bonds. The van der Waals surface area contributed by atoms with E-state index >= 15 is 0 Å². The Morgan fingerprint density at radius 1 is 1.50 bits per heavy atom. The Kier molecular flexibility index (Phi) is 5.91. The first-order valence-corrected chi connectivity index (χ1v) is 6.61. The minimum atomic E-state index is -0.521. The molecule has 1 rings (SSSR count). The SMILES string of the molecule is CC(C)CN(CC(N)=O)Cc1ccc(Cl)c([N+](=O)[O-])c1. The Balaban J connectivity index is 2.90. The highest BCUT2D eigenvalue weighted by Gasteiger charge is 2.16. The number of rotatable bonds is 7. The third-order valence-corrected chi connectivity index (χ3v) is 2.94. The number of nitrogens with two attached hydrogens (primary N) is 1. The first kappa shape index (κ1) is 16.4. The molecule has 110 valence electrons. The average molecular weight is 300 g/mol. The van der Waals surface area contributed by atoms with Gasteiger partial charge in [0.15, 0.2) is 0 Å². The standard InChI is InChI=1S/C13H18ClN3O3/c1-9(2)6-16(8-13(15)18)7-10-3-4-11(14)12(5-10)17(19)20/h3-5,9H,6-8H2,1-2H3,(H2,15,18). The summed E-state index contributed by atoms with van der Waals surface area (Å²) < 4.78 is 0. The quantitative estimate of drug-likeness (QED) is 0.617. The van der Waals surface area contributed by atoms with Gasteiger partial charge in [0.2, 0.25) is 5.91 Å². The molecule has 1 aromatic carbocycles. The summed E-state index contributed by atoms with van der Waals surface area (Å²) in [7, 11) is 0. The summed E-state index contributed by atoms with van der Waals surface area (Å²) in [5.74, 6) is -0.0641. The molecule has 0 atom stereocenters. The summed E-state index contributed by atoms with van der Waals surface area (Å²) in [5.41, 5.74) is 5.81. The van der Waals surface area contributed by atoms with E-state index in [-0.39, 0.29) is 17.3 Å². The fraction of sp³-hybridized carbons (Fsp3) is 0.462. The predicted octanol–water partition coefficient (Wildman–Crippen LogP) is 2.19. The zero-order valence-corrected chi connectivity index (χ0v) is 12.3. The number of halogens is 1. The number of hydrogen-bond acceptors (Lipinski definition) is 4. The summed E-state index contributed by atoms with van der Waals surface area (Å²) in [4.78, 5) is 23.3. The van der Waals surface area contributed by atoms with E-state index in [1.807, 2.05) is 18.7 Å². The average Bonchev–Trinajstić information content (AvgIpc) is 2.29. The van der Waals surface area contributed by atoms with Crippen LogP contribution in [0, 0.1) is 16.0 Å². The first-order valence-electron chi connectivity index (χ1n) is 6.23. The third kappa shape index (κ3) is 5.14. The molecule has 2 N–H and O–H groups in total. The summed E-state index contributed by atoms with van der Waals surface area (Å²) in [5, 5.41) is 10.9. The molecule has 1 aromatic rings. The summed E-state index contributed by atoms with van der Waals surface area (Å²) in [6.45, 7) is 5.27. The van der Waals surface area contributed by atoms with Crippen molar-refractivity contribution in [3.8, 4) is 0 Å². The second kappa shape index (κ2) is 7.21. The molecule has 0 radical (unpaired) electrons. The van der Waals surface area contributed by atoms with Crippen molar-refractivity contribution >= 4 is 23.2 Å². The maximum absolute atomic E-state index is 11.1. The van der Waals surface area contributed by atoms with Crippen molar-refractivity contribution in [3.63, 3.8) is 0 Å². The van der Waals surface area contributed by atoms with Gasteiger partial charge in [0, 0.05) is 19.2 Å². The Bertz CT molecular complexity index is 506. The number of carbonyl (C=O) groups is 1. The summed E-state index contributed by atoms with van der Waals surface area (Å²) in [6.07, 6.45) is 0. The summed E-state index contributed by atoms with van der Waals surface area (Å²) in [6, 6.07) is 4.63. The maximum atomic E-state index is 11.1. The minimum Gasteiger partial charge on any atom is -0.369 e. The highest BCUT2D eigenvalue weighted by molar-refractivity contribution is 6.32. The van der Waals surface area contributed by atoms with Crippen molar-refractivity contribution in [2.24, 2.45) is 11.7 Å². The van der Waals surface area contributed by atoms with Crippen LogP contribution in [0.5, 0.6) is 0 Å². The van der Waals surface area contributed by atoms with Crippen LogP contribution >= 0.6 is 11.6 Å². The van der Waals surface area contributed by atoms with Crippen molar-refractivity contribution < 1.29 is 9.72 Å². The fourth-order valence-corrected chi connectivity index (χ4v) is 2.16.